The summed E-state index contributed by atoms with van der Waals surface area (Å²) >= 11 is 7.45. The Kier molecular flexibility index (Phi) is 6.95. The summed E-state index contributed by atoms with van der Waals surface area (Å²) in [7, 11) is 1.67. The van der Waals surface area contributed by atoms with Crippen molar-refractivity contribution in [3.63, 3.8) is 0 Å². The second kappa shape index (κ2) is 10.1. The van der Waals surface area contributed by atoms with Crippen LogP contribution in [0.2, 0.25) is 5.02 Å². The average Bonchev–Trinajstić information content (AvgIpc) is 3.58. The van der Waals surface area contributed by atoms with Crippen molar-refractivity contribution in [3.05, 3.63) is 47.0 Å². The van der Waals surface area contributed by atoms with Crippen LogP contribution in [0, 0.1) is 5.82 Å². The Labute approximate surface area is 213 Å². The number of hydrogen-bond donors (Lipinski definition) is 1. The van der Waals surface area contributed by atoms with Gasteiger partial charge in [-0.3, -0.25) is 9.67 Å². The van der Waals surface area contributed by atoms with Crippen LogP contribution in [0.1, 0.15) is 37.5 Å². The number of thioether (sulfide) groups is 1. The molecule has 1 saturated heterocycles. The van der Waals surface area contributed by atoms with Gasteiger partial charge >= 0.3 is 0 Å². The van der Waals surface area contributed by atoms with E-state index >= 15 is 0 Å². The molecule has 5 rings (SSSR count). The molecule has 1 N–H and O–H groups in total. The number of morpholine rings is 1. The van der Waals surface area contributed by atoms with Crippen molar-refractivity contribution < 1.29 is 9.13 Å². The van der Waals surface area contributed by atoms with Crippen molar-refractivity contribution in [3.8, 4) is 11.3 Å². The zero-order chi connectivity index (χ0) is 24.5. The fraction of sp³-hybridized carbons (Fsp3) is 0.417. The molecule has 2 aromatic heterocycles. The number of nitrogens with one attached hydrogen (secondary N) is 1. The fourth-order valence-corrected chi connectivity index (χ4v) is 5.02. The zero-order valence-electron chi connectivity index (χ0n) is 19.8. The number of nitrogens with zero attached hydrogens (tertiary/aromatic N) is 6. The minimum absolute atomic E-state index is 0.0498. The Hall–Kier alpha value is -2.69. The first kappa shape index (κ1) is 24.0. The lowest BCUT2D eigenvalue weighted by Gasteiger charge is -2.36. The number of rotatable bonds is 7. The minimum Gasteiger partial charge on any atom is -0.367 e. The number of anilines is 2. The molecule has 0 spiro atoms. The predicted octanol–water partition coefficient (Wildman–Crippen LogP) is 5.23. The van der Waals surface area contributed by atoms with Crippen LogP contribution in [0.15, 0.2) is 40.5 Å². The molecule has 2 fully saturated rings. The number of halogens is 2. The molecule has 0 radical (unpaired) electrons. The first-order valence-electron chi connectivity index (χ1n) is 11.5. The Bertz CT molecular complexity index is 1250. The van der Waals surface area contributed by atoms with Gasteiger partial charge in [-0.2, -0.15) is 10.1 Å². The van der Waals surface area contributed by atoms with Crippen molar-refractivity contribution in [1.82, 2.24) is 19.7 Å². The van der Waals surface area contributed by atoms with Crippen molar-refractivity contribution in [2.45, 2.75) is 42.9 Å². The Morgan fingerprint density at radius 1 is 1.29 bits per heavy atom. The van der Waals surface area contributed by atoms with Gasteiger partial charge in [-0.25, -0.2) is 9.37 Å². The normalized spacial score (nSPS) is 20.5. The van der Waals surface area contributed by atoms with Crippen LogP contribution in [0.4, 0.5) is 16.2 Å². The van der Waals surface area contributed by atoms with Gasteiger partial charge in [-0.15, -0.1) is 11.8 Å². The third kappa shape index (κ3) is 5.14. The van der Waals surface area contributed by atoms with Gasteiger partial charge in [0.05, 0.1) is 41.8 Å². The Balaban J connectivity index is 1.54. The maximum Gasteiger partial charge on any atom is 0.228 e. The molecule has 8 nitrogen and oxygen atoms in total. The molecular weight excluding hydrogens is 489 g/mol. The maximum absolute atomic E-state index is 15.0. The van der Waals surface area contributed by atoms with E-state index in [1.165, 1.54) is 30.7 Å². The van der Waals surface area contributed by atoms with Gasteiger partial charge in [-0.1, -0.05) is 11.6 Å². The van der Waals surface area contributed by atoms with Crippen molar-refractivity contribution in [1.29, 1.82) is 0 Å². The summed E-state index contributed by atoms with van der Waals surface area (Å²) in [6.45, 7) is 3.20. The molecule has 0 bridgehead atoms. The van der Waals surface area contributed by atoms with Crippen LogP contribution >= 0.6 is 23.4 Å². The van der Waals surface area contributed by atoms with Crippen molar-refractivity contribution in [2.75, 3.05) is 36.6 Å². The largest absolute Gasteiger partial charge is 0.367 e. The van der Waals surface area contributed by atoms with E-state index in [2.05, 4.69) is 26.5 Å². The summed E-state index contributed by atoms with van der Waals surface area (Å²) in [6, 6.07) is 5.12. The topological polar surface area (TPSA) is 80.5 Å². The van der Waals surface area contributed by atoms with Crippen LogP contribution in [0.5, 0.6) is 0 Å². The summed E-state index contributed by atoms with van der Waals surface area (Å²) in [4.78, 5) is 16.5. The van der Waals surface area contributed by atoms with E-state index in [0.717, 1.165) is 10.5 Å². The zero-order valence-corrected chi connectivity index (χ0v) is 21.4. The van der Waals surface area contributed by atoms with E-state index in [4.69, 9.17) is 26.3 Å². The highest BCUT2D eigenvalue weighted by molar-refractivity contribution is 7.98. The highest BCUT2D eigenvalue weighted by Crippen LogP contribution is 2.39. The smallest absolute Gasteiger partial charge is 0.228 e. The van der Waals surface area contributed by atoms with Gasteiger partial charge in [0.2, 0.25) is 5.95 Å². The molecule has 184 valence electrons. The molecule has 11 heteroatoms. The van der Waals surface area contributed by atoms with E-state index in [0.29, 0.717) is 47.2 Å². The Morgan fingerprint density at radius 3 is 2.83 bits per heavy atom. The molecule has 3 heterocycles. The molecule has 3 aromatic rings. The molecule has 2 atom stereocenters. The van der Waals surface area contributed by atoms with E-state index in [1.54, 1.807) is 25.5 Å². The molecule has 1 aliphatic heterocycles. The number of benzene rings is 1. The highest BCUT2D eigenvalue weighted by Gasteiger charge is 2.32. The number of hydrogen-bond acceptors (Lipinski definition) is 7. The first-order chi connectivity index (χ1) is 17.0. The van der Waals surface area contributed by atoms with E-state index in [1.807, 2.05) is 24.1 Å². The van der Waals surface area contributed by atoms with Gasteiger partial charge in [-0.05, 0) is 44.2 Å². The summed E-state index contributed by atoms with van der Waals surface area (Å²) in [5, 5.41) is 7.98. The lowest BCUT2D eigenvalue weighted by Crippen LogP contribution is -2.43. The summed E-state index contributed by atoms with van der Waals surface area (Å²) < 4.78 is 23.3. The predicted molar refractivity (Wildman–Crippen MR) is 138 cm³/mol. The van der Waals surface area contributed by atoms with Gasteiger partial charge in [0.25, 0.3) is 0 Å². The van der Waals surface area contributed by atoms with Crippen molar-refractivity contribution in [2.24, 2.45) is 4.99 Å². The van der Waals surface area contributed by atoms with Crippen LogP contribution in [0.25, 0.3) is 11.3 Å². The first-order valence-corrected chi connectivity index (χ1v) is 13.1. The highest BCUT2D eigenvalue weighted by atomic mass is 35.5. The van der Waals surface area contributed by atoms with Gasteiger partial charge in [0, 0.05) is 35.9 Å². The standard InChI is InChI=1S/C24H27ClFN7OS/c1-14-10-32(12-20(34-14)15-9-29-33(11-15)17-5-6-17)24-30-21(18-7-4-16(25)8-19(18)26)22(35-3)23(31-24)28-13-27-2/h4,7-9,11,13-14,17,20H,5-6,10,12H2,1-3H3,(H,27,28,30,31). The molecule has 1 aromatic carbocycles. The van der Waals surface area contributed by atoms with Crippen LogP contribution in [-0.2, 0) is 4.74 Å². The van der Waals surface area contributed by atoms with Gasteiger partial charge in [0.1, 0.15) is 11.9 Å². The summed E-state index contributed by atoms with van der Waals surface area (Å²) in [5.41, 5.74) is 1.90. The second-order valence-corrected chi connectivity index (χ2v) is 9.99. The quantitative estimate of drug-likeness (QED) is 0.262. The summed E-state index contributed by atoms with van der Waals surface area (Å²) in [6.07, 6.45) is 9.56. The Morgan fingerprint density at radius 2 is 2.11 bits per heavy atom. The van der Waals surface area contributed by atoms with Gasteiger partial charge < -0.3 is 15.0 Å². The fourth-order valence-electron chi connectivity index (χ4n) is 4.22. The van der Waals surface area contributed by atoms with E-state index in [9.17, 15) is 4.39 Å². The third-order valence-corrected chi connectivity index (χ3v) is 7.06. The number of ether oxygens (including phenoxy) is 1. The minimum atomic E-state index is -0.437. The molecular formula is C24H27ClFN7OS. The molecule has 1 saturated carbocycles. The lowest BCUT2D eigenvalue weighted by molar-refractivity contribution is -0.0179. The molecule has 2 aliphatic rings. The lowest BCUT2D eigenvalue weighted by atomic mass is 10.1. The molecule has 1 aliphatic carbocycles. The maximum atomic E-state index is 15.0. The van der Waals surface area contributed by atoms with E-state index in [-0.39, 0.29) is 12.2 Å². The van der Waals surface area contributed by atoms with Crippen LogP contribution in [-0.4, -0.2) is 58.6 Å². The van der Waals surface area contributed by atoms with Crippen LogP contribution < -0.4 is 10.2 Å². The molecule has 35 heavy (non-hydrogen) atoms. The third-order valence-electron chi connectivity index (χ3n) is 6.03. The van der Waals surface area contributed by atoms with Crippen LogP contribution in [0.3, 0.4) is 0 Å². The SMILES string of the molecule is CN=CNc1nc(N2CC(C)OC(c3cnn(C4CC4)c3)C2)nc(-c2ccc(Cl)cc2F)c1SC. The monoisotopic (exact) mass is 515 g/mol. The number of aromatic nitrogens is 4. The number of aliphatic imine (C=N–C) groups is 1. The second-order valence-electron chi connectivity index (χ2n) is 8.74. The van der Waals surface area contributed by atoms with Crippen molar-refractivity contribution >= 4 is 41.5 Å². The average molecular weight is 516 g/mol. The molecule has 2 unspecified atom stereocenters. The van der Waals surface area contributed by atoms with E-state index < -0.39 is 5.82 Å². The van der Waals surface area contributed by atoms with Gasteiger partial charge in [0.15, 0.2) is 5.82 Å². The molecule has 0 amide bonds. The summed E-state index contributed by atoms with van der Waals surface area (Å²) in [5.74, 6) is 0.622.